The van der Waals surface area contributed by atoms with Gasteiger partial charge in [0.25, 0.3) is 0 Å². The van der Waals surface area contributed by atoms with Crippen LogP contribution in [0.3, 0.4) is 0 Å². The third kappa shape index (κ3) is 4.29. The molecule has 0 spiro atoms. The molecule has 7 nitrogen and oxygen atoms in total. The fourth-order valence-electron chi connectivity index (χ4n) is 4.15. The third-order valence-corrected chi connectivity index (χ3v) is 6.93. The summed E-state index contributed by atoms with van der Waals surface area (Å²) in [5, 5.41) is 3.60. The Hall–Kier alpha value is -2.58. The van der Waals surface area contributed by atoms with Crippen LogP contribution in [0, 0.1) is 0 Å². The standard InChI is InChI=1S/C22H27N3O4S/c1-28-16-6-3-5-15(13-16)25-11-9-24(10-12-25)14-19(26)23-21-20(22(27)29-2)17-7-4-8-18(17)30-21/h3,5-6,13H,4,7-12,14H2,1-2H3,(H,23,26). The van der Waals surface area contributed by atoms with E-state index in [0.29, 0.717) is 17.1 Å². The van der Waals surface area contributed by atoms with Crippen LogP contribution in [0.4, 0.5) is 10.7 Å². The van der Waals surface area contributed by atoms with Gasteiger partial charge in [-0.05, 0) is 37.0 Å². The monoisotopic (exact) mass is 429 g/mol. The molecule has 0 unspecified atom stereocenters. The van der Waals surface area contributed by atoms with Crippen LogP contribution in [0.1, 0.15) is 27.2 Å². The number of aryl methyl sites for hydroxylation is 1. The number of esters is 1. The second-order valence-electron chi connectivity index (χ2n) is 7.57. The maximum absolute atomic E-state index is 12.7. The summed E-state index contributed by atoms with van der Waals surface area (Å²) in [6.07, 6.45) is 2.89. The van der Waals surface area contributed by atoms with Gasteiger partial charge in [0.2, 0.25) is 5.91 Å². The lowest BCUT2D eigenvalue weighted by Gasteiger charge is -2.35. The van der Waals surface area contributed by atoms with Gasteiger partial charge >= 0.3 is 5.97 Å². The fraction of sp³-hybridized carbons (Fsp3) is 0.455. The van der Waals surface area contributed by atoms with Crippen LogP contribution in [-0.4, -0.2) is 63.7 Å². The lowest BCUT2D eigenvalue weighted by Crippen LogP contribution is -2.48. The fourth-order valence-corrected chi connectivity index (χ4v) is 5.44. The van der Waals surface area contributed by atoms with Crippen molar-refractivity contribution >= 4 is 33.9 Å². The third-order valence-electron chi connectivity index (χ3n) is 5.72. The number of amides is 1. The van der Waals surface area contributed by atoms with E-state index in [1.165, 1.54) is 23.3 Å². The van der Waals surface area contributed by atoms with E-state index in [1.807, 2.05) is 18.2 Å². The van der Waals surface area contributed by atoms with Gasteiger partial charge in [-0.2, -0.15) is 0 Å². The summed E-state index contributed by atoms with van der Waals surface area (Å²) >= 11 is 1.51. The van der Waals surface area contributed by atoms with Crippen molar-refractivity contribution in [2.75, 3.05) is 57.2 Å². The van der Waals surface area contributed by atoms with Crippen molar-refractivity contribution in [3.05, 3.63) is 40.3 Å². The number of nitrogens with one attached hydrogen (secondary N) is 1. The summed E-state index contributed by atoms with van der Waals surface area (Å²) in [4.78, 5) is 30.6. The van der Waals surface area contributed by atoms with Gasteiger partial charge < -0.3 is 19.7 Å². The van der Waals surface area contributed by atoms with E-state index >= 15 is 0 Å². The van der Waals surface area contributed by atoms with Crippen molar-refractivity contribution in [1.82, 2.24) is 4.90 Å². The van der Waals surface area contributed by atoms with Crippen LogP contribution < -0.4 is 15.0 Å². The van der Waals surface area contributed by atoms with Crippen molar-refractivity contribution in [2.24, 2.45) is 0 Å². The van der Waals surface area contributed by atoms with Crippen LogP contribution in [0.15, 0.2) is 24.3 Å². The zero-order valence-corrected chi connectivity index (χ0v) is 18.2. The zero-order chi connectivity index (χ0) is 21.1. The number of thiophene rings is 1. The zero-order valence-electron chi connectivity index (χ0n) is 17.4. The number of rotatable bonds is 6. The van der Waals surface area contributed by atoms with E-state index in [2.05, 4.69) is 21.2 Å². The molecule has 0 bridgehead atoms. The molecule has 0 radical (unpaired) electrons. The van der Waals surface area contributed by atoms with Gasteiger partial charge in [-0.3, -0.25) is 9.69 Å². The Morgan fingerprint density at radius 1 is 1.13 bits per heavy atom. The minimum atomic E-state index is -0.364. The van der Waals surface area contributed by atoms with Gasteiger partial charge in [-0.1, -0.05) is 6.07 Å². The normalized spacial score (nSPS) is 16.3. The maximum atomic E-state index is 12.7. The van der Waals surface area contributed by atoms with Crippen LogP contribution >= 0.6 is 11.3 Å². The first-order chi connectivity index (χ1) is 14.6. The van der Waals surface area contributed by atoms with Gasteiger partial charge in [-0.25, -0.2) is 4.79 Å². The average molecular weight is 430 g/mol. The minimum Gasteiger partial charge on any atom is -0.497 e. The average Bonchev–Trinajstić information content (AvgIpc) is 3.34. The Bertz CT molecular complexity index is 934. The summed E-state index contributed by atoms with van der Waals surface area (Å²) in [7, 11) is 3.05. The summed E-state index contributed by atoms with van der Waals surface area (Å²) < 4.78 is 10.3. The molecule has 160 valence electrons. The molecule has 1 saturated heterocycles. The van der Waals surface area contributed by atoms with Crippen molar-refractivity contribution < 1.29 is 19.1 Å². The predicted molar refractivity (Wildman–Crippen MR) is 118 cm³/mol. The number of piperazine rings is 1. The van der Waals surface area contributed by atoms with Gasteiger partial charge in [0.1, 0.15) is 10.8 Å². The summed E-state index contributed by atoms with van der Waals surface area (Å²) in [5.41, 5.74) is 2.73. The number of nitrogens with zero attached hydrogens (tertiary/aromatic N) is 2. The molecule has 1 aromatic heterocycles. The first-order valence-electron chi connectivity index (χ1n) is 10.2. The molecule has 4 rings (SSSR count). The van der Waals surface area contributed by atoms with Crippen LogP contribution in [0.2, 0.25) is 0 Å². The van der Waals surface area contributed by atoms with Crippen LogP contribution in [0.25, 0.3) is 0 Å². The molecule has 30 heavy (non-hydrogen) atoms. The van der Waals surface area contributed by atoms with Gasteiger partial charge in [0.05, 0.1) is 26.3 Å². The number of carbonyl (C=O) groups excluding carboxylic acids is 2. The van der Waals surface area contributed by atoms with Crippen molar-refractivity contribution in [2.45, 2.75) is 19.3 Å². The number of carbonyl (C=O) groups is 2. The highest BCUT2D eigenvalue weighted by Gasteiger charge is 2.28. The molecule has 8 heteroatoms. The number of hydrogen-bond acceptors (Lipinski definition) is 7. The first kappa shape index (κ1) is 20.7. The minimum absolute atomic E-state index is 0.0880. The molecule has 2 aliphatic rings. The molecule has 1 aromatic carbocycles. The van der Waals surface area contributed by atoms with Crippen LogP contribution in [-0.2, 0) is 22.4 Å². The molecule has 1 amide bonds. The second-order valence-corrected chi connectivity index (χ2v) is 8.67. The quantitative estimate of drug-likeness (QED) is 0.712. The Morgan fingerprint density at radius 2 is 1.93 bits per heavy atom. The topological polar surface area (TPSA) is 71.1 Å². The van der Waals surface area contributed by atoms with Crippen LogP contribution in [0.5, 0.6) is 5.75 Å². The highest BCUT2D eigenvalue weighted by atomic mass is 32.1. The van der Waals surface area contributed by atoms with Crippen molar-refractivity contribution in [3.8, 4) is 5.75 Å². The molecule has 1 aliphatic carbocycles. The summed E-state index contributed by atoms with van der Waals surface area (Å²) in [6, 6.07) is 8.04. The number of methoxy groups -OCH3 is 2. The highest BCUT2D eigenvalue weighted by Crippen LogP contribution is 2.39. The Morgan fingerprint density at radius 3 is 2.67 bits per heavy atom. The van der Waals surface area contributed by atoms with Gasteiger partial charge in [-0.15, -0.1) is 11.3 Å². The van der Waals surface area contributed by atoms with E-state index in [4.69, 9.17) is 9.47 Å². The van der Waals surface area contributed by atoms with Crippen molar-refractivity contribution in [1.29, 1.82) is 0 Å². The van der Waals surface area contributed by atoms with E-state index < -0.39 is 0 Å². The Balaban J connectivity index is 1.34. The number of hydrogen-bond donors (Lipinski definition) is 1. The predicted octanol–water partition coefficient (Wildman–Crippen LogP) is 2.79. The van der Waals surface area contributed by atoms with E-state index in [-0.39, 0.29) is 11.9 Å². The molecular weight excluding hydrogens is 402 g/mol. The Kier molecular flexibility index (Phi) is 6.24. The largest absolute Gasteiger partial charge is 0.497 e. The maximum Gasteiger partial charge on any atom is 0.341 e. The van der Waals surface area contributed by atoms with Crippen molar-refractivity contribution in [3.63, 3.8) is 0 Å². The molecule has 0 atom stereocenters. The van der Waals surface area contributed by atoms with E-state index in [9.17, 15) is 9.59 Å². The molecule has 1 fully saturated rings. The second kappa shape index (κ2) is 9.06. The Labute approximate surface area is 180 Å². The number of benzene rings is 1. The summed E-state index contributed by atoms with van der Waals surface area (Å²) in [6.45, 7) is 3.61. The van der Waals surface area contributed by atoms with E-state index in [1.54, 1.807) is 7.11 Å². The van der Waals surface area contributed by atoms with Gasteiger partial charge in [0.15, 0.2) is 0 Å². The molecule has 0 saturated carbocycles. The number of fused-ring (bicyclic) bond motifs is 1. The molecule has 2 heterocycles. The highest BCUT2D eigenvalue weighted by molar-refractivity contribution is 7.17. The van der Waals surface area contributed by atoms with E-state index in [0.717, 1.165) is 62.4 Å². The number of ether oxygens (including phenoxy) is 2. The molecule has 1 aliphatic heterocycles. The molecule has 2 aromatic rings. The summed E-state index contributed by atoms with van der Waals surface area (Å²) in [5.74, 6) is 0.394. The lowest BCUT2D eigenvalue weighted by atomic mass is 10.1. The lowest BCUT2D eigenvalue weighted by molar-refractivity contribution is -0.117. The first-order valence-corrected chi connectivity index (χ1v) is 11.0. The SMILES string of the molecule is COC(=O)c1c(NC(=O)CN2CCN(c3cccc(OC)c3)CC2)sc2c1CCC2. The number of anilines is 2. The molecule has 1 N–H and O–H groups in total. The molecular formula is C22H27N3O4S. The smallest absolute Gasteiger partial charge is 0.341 e. The van der Waals surface area contributed by atoms with Gasteiger partial charge in [0, 0.05) is 42.8 Å².